The van der Waals surface area contributed by atoms with Gasteiger partial charge in [0.2, 0.25) is 22.9 Å². The summed E-state index contributed by atoms with van der Waals surface area (Å²) in [4.78, 5) is 0. The molecule has 0 aromatic rings. The third-order valence-corrected chi connectivity index (χ3v) is 3.40. The Morgan fingerprint density at radius 1 is 1.22 bits per heavy atom. The predicted molar refractivity (Wildman–Crippen MR) is 46.2 cm³/mol. The van der Waals surface area contributed by atoms with Gasteiger partial charge < -0.3 is 0 Å². The molecule has 2 saturated heterocycles. The first-order valence-corrected chi connectivity index (χ1v) is 4.66. The zero-order chi connectivity index (χ0) is 6.48. The van der Waals surface area contributed by atoms with Gasteiger partial charge in [0.15, 0.2) is 0 Å². The molecule has 52 valence electrons. The normalized spacial score (nSPS) is 56.7. The third kappa shape index (κ3) is 1.11. The Labute approximate surface area is 70.5 Å². The first kappa shape index (κ1) is 6.40. The predicted octanol–water partition coefficient (Wildman–Crippen LogP) is 1.82. The van der Waals surface area contributed by atoms with Gasteiger partial charge in [-0.3, -0.25) is 2.70 Å². The van der Waals surface area contributed by atoms with E-state index in [0.29, 0.717) is 0 Å². The lowest BCUT2D eigenvalue weighted by molar-refractivity contribution is -0.757. The lowest BCUT2D eigenvalue weighted by Crippen LogP contribution is -2.53. The number of halogens is 1. The summed E-state index contributed by atoms with van der Waals surface area (Å²) < 4.78 is 1.26. The molecule has 3 fully saturated rings. The van der Waals surface area contributed by atoms with E-state index in [0.717, 1.165) is 11.8 Å². The van der Waals surface area contributed by atoms with Crippen LogP contribution in [-0.4, -0.2) is 22.8 Å². The zero-order valence-corrected chi connectivity index (χ0v) is 7.97. The second-order valence-electron chi connectivity index (χ2n) is 3.83. The molecule has 0 aromatic carbocycles. The summed E-state index contributed by atoms with van der Waals surface area (Å²) in [6.45, 7) is 2.86. The van der Waals surface area contributed by atoms with Crippen LogP contribution in [0.15, 0.2) is 0 Å². The highest BCUT2D eigenvalue weighted by Gasteiger charge is 2.44. The van der Waals surface area contributed by atoms with Crippen molar-refractivity contribution in [2.45, 2.75) is 12.8 Å². The molecule has 2 bridgehead atoms. The Morgan fingerprint density at radius 3 is 1.89 bits per heavy atom. The maximum Gasteiger partial charge on any atom is 0.248 e. The second kappa shape index (κ2) is 1.84. The van der Waals surface area contributed by atoms with E-state index in [2.05, 4.69) is 29.9 Å². The fourth-order valence-corrected chi connectivity index (χ4v) is 3.44. The minimum absolute atomic E-state index is 1.09. The van der Waals surface area contributed by atoms with Crippen LogP contribution in [0.4, 0.5) is 0 Å². The number of piperidine rings is 2. The highest BCUT2D eigenvalue weighted by atomic mass is 127. The number of hydrogen-bond acceptors (Lipinski definition) is 0. The van der Waals surface area contributed by atoms with Crippen molar-refractivity contribution in [1.82, 2.24) is 0 Å². The quantitative estimate of drug-likeness (QED) is 0.446. The molecule has 3 aliphatic rings. The van der Waals surface area contributed by atoms with E-state index in [1.54, 1.807) is 0 Å². The topological polar surface area (TPSA) is 0 Å². The second-order valence-corrected chi connectivity index (χ2v) is 6.16. The Hall–Kier alpha value is 0.690. The van der Waals surface area contributed by atoms with Crippen molar-refractivity contribution in [2.24, 2.45) is 11.8 Å². The molecular weight excluding hydrogens is 225 g/mol. The van der Waals surface area contributed by atoms with Gasteiger partial charge in [-0.25, -0.2) is 0 Å². The molecule has 0 N–H and O–H groups in total. The lowest BCUT2D eigenvalue weighted by atomic mass is 9.71. The van der Waals surface area contributed by atoms with E-state index in [1.165, 1.54) is 28.6 Å². The minimum atomic E-state index is 1.09. The SMILES string of the molecule is C[N+]1(I)CC2CC(C2)C1. The molecule has 1 saturated carbocycles. The van der Waals surface area contributed by atoms with Crippen LogP contribution in [0.2, 0.25) is 0 Å². The Kier molecular flexibility index (Phi) is 1.31. The molecule has 2 heteroatoms. The summed E-state index contributed by atoms with van der Waals surface area (Å²) >= 11 is 2.57. The van der Waals surface area contributed by atoms with Crippen LogP contribution in [0.25, 0.3) is 0 Å². The van der Waals surface area contributed by atoms with Crippen molar-refractivity contribution in [2.75, 3.05) is 20.1 Å². The summed E-state index contributed by atoms with van der Waals surface area (Å²) in [5, 5.41) is 0. The molecule has 0 aromatic heterocycles. The van der Waals surface area contributed by atoms with Crippen LogP contribution in [-0.2, 0) is 0 Å². The summed E-state index contributed by atoms with van der Waals surface area (Å²) in [7, 11) is 2.35. The van der Waals surface area contributed by atoms with Crippen LogP contribution in [0.3, 0.4) is 0 Å². The van der Waals surface area contributed by atoms with Crippen molar-refractivity contribution in [1.29, 1.82) is 0 Å². The van der Waals surface area contributed by atoms with Crippen molar-refractivity contribution >= 4 is 22.9 Å². The first-order chi connectivity index (χ1) is 4.16. The third-order valence-electron chi connectivity index (χ3n) is 2.61. The molecular formula is C7H13IN+. The highest BCUT2D eigenvalue weighted by molar-refractivity contribution is 14.1. The van der Waals surface area contributed by atoms with Crippen molar-refractivity contribution in [3.8, 4) is 0 Å². The Morgan fingerprint density at radius 2 is 1.67 bits per heavy atom. The number of hydrogen-bond donors (Lipinski definition) is 0. The van der Waals surface area contributed by atoms with E-state index in [-0.39, 0.29) is 0 Å². The molecule has 1 nitrogen and oxygen atoms in total. The smallest absolute Gasteiger partial charge is 0.248 e. The van der Waals surface area contributed by atoms with Crippen LogP contribution < -0.4 is 0 Å². The average Bonchev–Trinajstić information content (AvgIpc) is 1.58. The van der Waals surface area contributed by atoms with Gasteiger partial charge in [-0.05, 0) is 12.8 Å². The molecule has 0 unspecified atom stereocenters. The molecule has 0 spiro atoms. The van der Waals surface area contributed by atoms with E-state index in [4.69, 9.17) is 0 Å². The van der Waals surface area contributed by atoms with E-state index >= 15 is 0 Å². The van der Waals surface area contributed by atoms with Gasteiger partial charge >= 0.3 is 0 Å². The van der Waals surface area contributed by atoms with Gasteiger partial charge in [0.1, 0.15) is 0 Å². The molecule has 3 rings (SSSR count). The molecule has 0 atom stereocenters. The van der Waals surface area contributed by atoms with Gasteiger partial charge in [-0.1, -0.05) is 0 Å². The van der Waals surface area contributed by atoms with E-state index in [9.17, 15) is 0 Å². The van der Waals surface area contributed by atoms with Crippen molar-refractivity contribution in [3.63, 3.8) is 0 Å². The molecule has 2 heterocycles. The zero-order valence-electron chi connectivity index (χ0n) is 5.81. The molecule has 1 aliphatic carbocycles. The van der Waals surface area contributed by atoms with Crippen LogP contribution in [0.1, 0.15) is 12.8 Å². The van der Waals surface area contributed by atoms with Crippen LogP contribution >= 0.6 is 22.9 Å². The number of rotatable bonds is 0. The minimum Gasteiger partial charge on any atom is -0.269 e. The number of quaternary nitrogens is 1. The Balaban J connectivity index is 2.04. The summed E-state index contributed by atoms with van der Waals surface area (Å²) in [5.74, 6) is 2.18. The standard InChI is InChI=1S/C7H13IN/c1-9(8)4-6-2-7(3-6)5-9/h6-7H,2-5H2,1H3/q+1. The fraction of sp³-hybridized carbons (Fsp3) is 1.00. The van der Waals surface area contributed by atoms with Gasteiger partial charge in [0.25, 0.3) is 0 Å². The first-order valence-electron chi connectivity index (χ1n) is 3.70. The van der Waals surface area contributed by atoms with E-state index < -0.39 is 0 Å². The van der Waals surface area contributed by atoms with Gasteiger partial charge in [-0.2, -0.15) is 0 Å². The van der Waals surface area contributed by atoms with E-state index in [1.807, 2.05) is 0 Å². The largest absolute Gasteiger partial charge is 0.269 e. The van der Waals surface area contributed by atoms with Crippen LogP contribution in [0, 0.1) is 11.8 Å². The summed E-state index contributed by atoms with van der Waals surface area (Å²) in [6.07, 6.45) is 3.08. The number of nitrogens with zero attached hydrogens (tertiary/aromatic N) is 1. The fourth-order valence-electron chi connectivity index (χ4n) is 2.32. The summed E-state index contributed by atoms with van der Waals surface area (Å²) in [6, 6.07) is 0. The monoisotopic (exact) mass is 238 g/mol. The van der Waals surface area contributed by atoms with Crippen LogP contribution in [0.5, 0.6) is 0 Å². The van der Waals surface area contributed by atoms with Crippen molar-refractivity contribution in [3.05, 3.63) is 0 Å². The van der Waals surface area contributed by atoms with Gasteiger partial charge in [0.05, 0.1) is 20.1 Å². The molecule has 0 amide bonds. The van der Waals surface area contributed by atoms with Gasteiger partial charge in [-0.15, -0.1) is 0 Å². The number of fused-ring (bicyclic) bond motifs is 2. The molecule has 9 heavy (non-hydrogen) atoms. The van der Waals surface area contributed by atoms with Crippen molar-refractivity contribution < 1.29 is 2.70 Å². The molecule has 0 radical (unpaired) electrons. The van der Waals surface area contributed by atoms with Gasteiger partial charge in [0, 0.05) is 11.8 Å². The Bertz CT molecular complexity index is 115. The molecule has 2 aliphatic heterocycles. The summed E-state index contributed by atoms with van der Waals surface area (Å²) in [5.41, 5.74) is 0. The lowest BCUT2D eigenvalue weighted by Gasteiger charge is -2.47. The average molecular weight is 238 g/mol. The maximum atomic E-state index is 2.57. The highest BCUT2D eigenvalue weighted by Crippen LogP contribution is 2.43. The maximum absolute atomic E-state index is 2.57.